The average molecular weight is 315 g/mol. The van der Waals surface area contributed by atoms with Crippen LogP contribution in [0.4, 0.5) is 0 Å². The van der Waals surface area contributed by atoms with Gasteiger partial charge in [0.1, 0.15) is 6.61 Å². The predicted molar refractivity (Wildman–Crippen MR) is 82.8 cm³/mol. The fraction of sp³-hybridized carbons (Fsp3) is 0.562. The van der Waals surface area contributed by atoms with E-state index in [-0.39, 0.29) is 18.5 Å². The van der Waals surface area contributed by atoms with E-state index in [1.54, 1.807) is 18.2 Å². The standard InChI is InChI=1S/C16H20Cl2O2/c1-16(2)7-5-12(6-8-16)20-10-15(19)11-3-4-13(17)14(18)9-11/h3-4,9,12H,5-8,10H2,1-2H3. The van der Waals surface area contributed by atoms with E-state index >= 15 is 0 Å². The van der Waals surface area contributed by atoms with E-state index in [4.69, 9.17) is 27.9 Å². The number of rotatable bonds is 4. The molecule has 0 saturated heterocycles. The molecule has 2 rings (SSSR count). The van der Waals surface area contributed by atoms with Crippen LogP contribution in [0.2, 0.25) is 10.0 Å². The second kappa shape index (κ2) is 6.46. The van der Waals surface area contributed by atoms with Crippen LogP contribution >= 0.6 is 23.2 Å². The third-order valence-electron chi connectivity index (χ3n) is 3.98. The Balaban J connectivity index is 1.85. The molecule has 1 aromatic rings. The Labute approximate surface area is 130 Å². The van der Waals surface area contributed by atoms with Crippen molar-refractivity contribution >= 4 is 29.0 Å². The summed E-state index contributed by atoms with van der Waals surface area (Å²) in [5, 5.41) is 0.857. The summed E-state index contributed by atoms with van der Waals surface area (Å²) in [6, 6.07) is 4.92. The lowest BCUT2D eigenvalue weighted by Gasteiger charge is -2.34. The Bertz CT molecular complexity index is 487. The molecule has 0 atom stereocenters. The van der Waals surface area contributed by atoms with Gasteiger partial charge in [0.15, 0.2) is 5.78 Å². The molecular weight excluding hydrogens is 295 g/mol. The second-order valence-corrected chi connectivity index (χ2v) is 7.04. The van der Waals surface area contributed by atoms with Gasteiger partial charge >= 0.3 is 0 Å². The third kappa shape index (κ3) is 4.21. The minimum absolute atomic E-state index is 0.0478. The van der Waals surface area contributed by atoms with Crippen molar-refractivity contribution in [3.05, 3.63) is 33.8 Å². The van der Waals surface area contributed by atoms with Gasteiger partial charge in [-0.15, -0.1) is 0 Å². The highest BCUT2D eigenvalue weighted by Gasteiger charge is 2.27. The summed E-state index contributed by atoms with van der Waals surface area (Å²) in [5.74, 6) is -0.0478. The van der Waals surface area contributed by atoms with Crippen LogP contribution in [-0.4, -0.2) is 18.5 Å². The molecule has 1 fully saturated rings. The van der Waals surface area contributed by atoms with Gasteiger partial charge in [-0.3, -0.25) is 4.79 Å². The summed E-state index contributed by atoms with van der Waals surface area (Å²) >= 11 is 11.7. The van der Waals surface area contributed by atoms with Crippen LogP contribution < -0.4 is 0 Å². The minimum atomic E-state index is -0.0478. The van der Waals surface area contributed by atoms with Crippen molar-refractivity contribution in [2.45, 2.75) is 45.6 Å². The molecule has 0 bridgehead atoms. The smallest absolute Gasteiger partial charge is 0.188 e. The maximum Gasteiger partial charge on any atom is 0.188 e. The molecule has 1 aromatic carbocycles. The van der Waals surface area contributed by atoms with E-state index in [1.807, 2.05) is 0 Å². The van der Waals surface area contributed by atoms with Crippen molar-refractivity contribution in [1.82, 2.24) is 0 Å². The number of ether oxygens (including phenoxy) is 1. The van der Waals surface area contributed by atoms with Gasteiger partial charge in [0.2, 0.25) is 0 Å². The van der Waals surface area contributed by atoms with E-state index in [0.717, 1.165) is 25.7 Å². The summed E-state index contributed by atoms with van der Waals surface area (Å²) in [5.41, 5.74) is 0.962. The topological polar surface area (TPSA) is 26.3 Å². The first-order chi connectivity index (χ1) is 9.37. The molecule has 2 nitrogen and oxygen atoms in total. The molecule has 4 heteroatoms. The van der Waals surface area contributed by atoms with Crippen molar-refractivity contribution in [3.63, 3.8) is 0 Å². The number of carbonyl (C=O) groups excluding carboxylic acids is 1. The lowest BCUT2D eigenvalue weighted by molar-refractivity contribution is 0.00862. The average Bonchev–Trinajstić information content (AvgIpc) is 2.40. The molecule has 0 N–H and O–H groups in total. The van der Waals surface area contributed by atoms with E-state index in [1.165, 1.54) is 0 Å². The zero-order chi connectivity index (χ0) is 14.8. The predicted octanol–water partition coefficient (Wildman–Crippen LogP) is 5.16. The van der Waals surface area contributed by atoms with Crippen molar-refractivity contribution < 1.29 is 9.53 Å². The Kier molecular flexibility index (Phi) is 5.11. The van der Waals surface area contributed by atoms with Crippen LogP contribution in [0.3, 0.4) is 0 Å². The van der Waals surface area contributed by atoms with Crippen molar-refractivity contribution in [2.24, 2.45) is 5.41 Å². The molecule has 0 aromatic heterocycles. The highest BCUT2D eigenvalue weighted by atomic mass is 35.5. The van der Waals surface area contributed by atoms with Crippen LogP contribution in [-0.2, 0) is 4.74 Å². The van der Waals surface area contributed by atoms with Crippen LogP contribution in [0.1, 0.15) is 49.9 Å². The molecule has 0 radical (unpaired) electrons. The van der Waals surface area contributed by atoms with Crippen molar-refractivity contribution in [3.8, 4) is 0 Å². The number of Topliss-reactive ketones (excluding diaryl/α,β-unsaturated/α-hetero) is 1. The lowest BCUT2D eigenvalue weighted by Crippen LogP contribution is -2.28. The largest absolute Gasteiger partial charge is 0.370 e. The van der Waals surface area contributed by atoms with Crippen LogP contribution in [0.5, 0.6) is 0 Å². The molecule has 1 aliphatic carbocycles. The fourth-order valence-electron chi connectivity index (χ4n) is 2.49. The SMILES string of the molecule is CC1(C)CCC(OCC(=O)c2ccc(Cl)c(Cl)c2)CC1. The maximum atomic E-state index is 12.1. The van der Waals surface area contributed by atoms with Crippen LogP contribution in [0.15, 0.2) is 18.2 Å². The first-order valence-corrected chi connectivity index (χ1v) is 7.73. The van der Waals surface area contributed by atoms with E-state index < -0.39 is 0 Å². The number of carbonyl (C=O) groups is 1. The summed E-state index contributed by atoms with van der Waals surface area (Å²) in [6.45, 7) is 4.68. The summed E-state index contributed by atoms with van der Waals surface area (Å²) < 4.78 is 5.74. The zero-order valence-corrected chi connectivity index (χ0v) is 13.4. The monoisotopic (exact) mass is 314 g/mol. The molecule has 0 heterocycles. The quantitative estimate of drug-likeness (QED) is 0.717. The van der Waals surface area contributed by atoms with E-state index in [2.05, 4.69) is 13.8 Å². The fourth-order valence-corrected chi connectivity index (χ4v) is 2.78. The van der Waals surface area contributed by atoms with E-state index in [9.17, 15) is 4.79 Å². The van der Waals surface area contributed by atoms with Gasteiger partial charge in [0.05, 0.1) is 16.1 Å². The number of benzene rings is 1. The van der Waals surface area contributed by atoms with Gasteiger partial charge in [0.25, 0.3) is 0 Å². The molecule has 0 amide bonds. The number of halogens is 2. The molecule has 0 spiro atoms. The first-order valence-electron chi connectivity index (χ1n) is 6.97. The molecular formula is C16H20Cl2O2. The van der Waals surface area contributed by atoms with E-state index in [0.29, 0.717) is 21.0 Å². The number of ketones is 1. The van der Waals surface area contributed by atoms with Gasteiger partial charge in [0, 0.05) is 5.56 Å². The second-order valence-electron chi connectivity index (χ2n) is 6.23. The first kappa shape index (κ1) is 15.8. The molecule has 0 aliphatic heterocycles. The lowest BCUT2D eigenvalue weighted by atomic mass is 9.76. The summed E-state index contributed by atoms with van der Waals surface area (Å²) in [6.07, 6.45) is 4.57. The Morgan fingerprint density at radius 2 is 1.90 bits per heavy atom. The van der Waals surface area contributed by atoms with Crippen LogP contribution in [0, 0.1) is 5.41 Å². The molecule has 1 aliphatic rings. The highest BCUT2D eigenvalue weighted by Crippen LogP contribution is 2.36. The van der Waals surface area contributed by atoms with Gasteiger partial charge in [-0.25, -0.2) is 0 Å². The highest BCUT2D eigenvalue weighted by molar-refractivity contribution is 6.42. The Morgan fingerprint density at radius 3 is 2.50 bits per heavy atom. The number of hydrogen-bond donors (Lipinski definition) is 0. The van der Waals surface area contributed by atoms with Crippen molar-refractivity contribution in [1.29, 1.82) is 0 Å². The molecule has 110 valence electrons. The normalized spacial score (nSPS) is 19.0. The van der Waals surface area contributed by atoms with Gasteiger partial charge in [-0.2, -0.15) is 0 Å². The zero-order valence-electron chi connectivity index (χ0n) is 11.9. The van der Waals surface area contributed by atoms with Crippen molar-refractivity contribution in [2.75, 3.05) is 6.61 Å². The molecule has 20 heavy (non-hydrogen) atoms. The van der Waals surface area contributed by atoms with Gasteiger partial charge in [-0.05, 0) is 49.3 Å². The van der Waals surface area contributed by atoms with Gasteiger partial charge in [-0.1, -0.05) is 37.0 Å². The van der Waals surface area contributed by atoms with Crippen LogP contribution in [0.25, 0.3) is 0 Å². The molecule has 0 unspecified atom stereocenters. The Hall–Kier alpha value is -0.570. The summed E-state index contributed by atoms with van der Waals surface area (Å²) in [7, 11) is 0. The third-order valence-corrected chi connectivity index (χ3v) is 4.72. The maximum absolute atomic E-state index is 12.1. The van der Waals surface area contributed by atoms with Gasteiger partial charge < -0.3 is 4.74 Å². The Morgan fingerprint density at radius 1 is 1.25 bits per heavy atom. The molecule has 1 saturated carbocycles. The summed E-state index contributed by atoms with van der Waals surface area (Å²) in [4.78, 5) is 12.1. The minimum Gasteiger partial charge on any atom is -0.370 e. The number of hydrogen-bond acceptors (Lipinski definition) is 2.